The van der Waals surface area contributed by atoms with Gasteiger partial charge < -0.3 is 16.1 Å². The molecule has 4 heteroatoms. The van der Waals surface area contributed by atoms with E-state index in [0.29, 0.717) is 5.75 Å². The lowest BCUT2D eigenvalue weighted by molar-refractivity contribution is 0.475. The maximum absolute atomic E-state index is 9.12. The maximum Gasteiger partial charge on any atom is 0.192 e. The molecule has 0 unspecified atom stereocenters. The lowest BCUT2D eigenvalue weighted by atomic mass is 9.64. The summed E-state index contributed by atoms with van der Waals surface area (Å²) in [7, 11) is 0.918. The second kappa shape index (κ2) is 6.66. The zero-order valence-electron chi connectivity index (χ0n) is 8.85. The molecule has 0 fully saturated rings. The fraction of sp³-hybridized carbons (Fsp3) is 0. The molecule has 0 bridgehead atoms. The molecule has 84 valence electrons. The molecule has 0 spiro atoms. The van der Waals surface area contributed by atoms with Gasteiger partial charge in [-0.2, -0.15) is 0 Å². The summed E-state index contributed by atoms with van der Waals surface area (Å²) < 4.78 is 0. The zero-order valence-corrected chi connectivity index (χ0v) is 8.85. The van der Waals surface area contributed by atoms with Crippen LogP contribution >= 0.6 is 0 Å². The molecule has 2 aromatic carbocycles. The molecule has 0 atom stereocenters. The number of hydrogen-bond donors (Lipinski definition) is 1. The summed E-state index contributed by atoms with van der Waals surface area (Å²) in [5.74, 6) is 0.321. The maximum atomic E-state index is 9.12. The van der Waals surface area contributed by atoms with Crippen molar-refractivity contribution in [1.82, 2.24) is 0 Å². The summed E-state index contributed by atoms with van der Waals surface area (Å²) >= 11 is 0. The minimum absolute atomic E-state index is 0. The fourth-order valence-electron chi connectivity index (χ4n) is 1.45. The number of rotatable bonds is 2. The Kier molecular flexibility index (Phi) is 5.92. The van der Waals surface area contributed by atoms with E-state index < -0.39 is 0 Å². The van der Waals surface area contributed by atoms with E-state index in [-0.39, 0.29) is 11.0 Å². The first kappa shape index (κ1) is 14.2. The van der Waals surface area contributed by atoms with Gasteiger partial charge in [0.1, 0.15) is 5.75 Å². The summed E-state index contributed by atoms with van der Waals surface area (Å²) in [6.07, 6.45) is 0. The largest absolute Gasteiger partial charge is 0.508 e. The number of phenolic OH excluding ortho intramolecular Hbond substituents is 1. The molecule has 0 aliphatic carbocycles. The monoisotopic (exact) mass is 218 g/mol. The Bertz CT molecular complexity index is 400. The molecule has 0 heterocycles. The average Bonchev–Trinajstić information content (AvgIpc) is 2.23. The summed E-state index contributed by atoms with van der Waals surface area (Å²) in [6, 6.07) is 17.6. The Morgan fingerprint density at radius 2 is 1.19 bits per heavy atom. The fourth-order valence-corrected chi connectivity index (χ4v) is 1.45. The van der Waals surface area contributed by atoms with Crippen molar-refractivity contribution >= 4 is 18.2 Å². The SMILES string of the molecule is O.O.Oc1ccc(Bc2ccccc2)cc1. The van der Waals surface area contributed by atoms with E-state index in [1.54, 1.807) is 12.1 Å². The Balaban J connectivity index is 0.00000112. The van der Waals surface area contributed by atoms with Gasteiger partial charge in [0.05, 0.1) is 0 Å². The zero-order chi connectivity index (χ0) is 9.80. The van der Waals surface area contributed by atoms with Crippen LogP contribution in [0.2, 0.25) is 0 Å². The van der Waals surface area contributed by atoms with Crippen LogP contribution in [0.1, 0.15) is 0 Å². The Morgan fingerprint density at radius 1 is 0.688 bits per heavy atom. The molecule has 2 rings (SSSR count). The van der Waals surface area contributed by atoms with Gasteiger partial charge in [0, 0.05) is 0 Å². The van der Waals surface area contributed by atoms with E-state index in [9.17, 15) is 0 Å². The van der Waals surface area contributed by atoms with E-state index in [4.69, 9.17) is 5.11 Å². The predicted molar refractivity (Wildman–Crippen MR) is 68.2 cm³/mol. The second-order valence-electron chi connectivity index (χ2n) is 3.33. The standard InChI is InChI=1S/C12H11BO.2H2O/c14-12-8-6-11(7-9-12)13-10-4-2-1-3-5-10;;/h1-9,13-14H;2*1H2. The highest BCUT2D eigenvalue weighted by atomic mass is 16.3. The molecular formula is C12H15BO3. The number of hydrogen-bond acceptors (Lipinski definition) is 1. The first-order valence-electron chi connectivity index (χ1n) is 4.66. The molecule has 0 saturated heterocycles. The van der Waals surface area contributed by atoms with Gasteiger partial charge in [-0.3, -0.25) is 0 Å². The van der Waals surface area contributed by atoms with E-state index in [1.165, 1.54) is 10.9 Å². The molecular weight excluding hydrogens is 203 g/mol. The Hall–Kier alpha value is -1.78. The van der Waals surface area contributed by atoms with Gasteiger partial charge in [-0.15, -0.1) is 0 Å². The molecule has 16 heavy (non-hydrogen) atoms. The van der Waals surface area contributed by atoms with Gasteiger partial charge in [0.15, 0.2) is 7.28 Å². The molecule has 0 saturated carbocycles. The van der Waals surface area contributed by atoms with Crippen molar-refractivity contribution in [2.24, 2.45) is 0 Å². The molecule has 0 aliphatic rings. The van der Waals surface area contributed by atoms with Crippen LogP contribution in [0.4, 0.5) is 0 Å². The van der Waals surface area contributed by atoms with Gasteiger partial charge in [-0.1, -0.05) is 53.4 Å². The number of phenols is 1. The van der Waals surface area contributed by atoms with Crippen LogP contribution in [0.25, 0.3) is 0 Å². The first-order valence-corrected chi connectivity index (χ1v) is 4.66. The van der Waals surface area contributed by atoms with Crippen molar-refractivity contribution in [2.75, 3.05) is 0 Å². The Morgan fingerprint density at radius 3 is 1.75 bits per heavy atom. The van der Waals surface area contributed by atoms with Crippen LogP contribution in [0, 0.1) is 0 Å². The summed E-state index contributed by atoms with van der Waals surface area (Å²) in [6.45, 7) is 0. The average molecular weight is 218 g/mol. The van der Waals surface area contributed by atoms with Crippen molar-refractivity contribution in [3.8, 4) is 5.75 Å². The molecule has 0 aliphatic heterocycles. The molecule has 5 N–H and O–H groups in total. The van der Waals surface area contributed by atoms with E-state index >= 15 is 0 Å². The van der Waals surface area contributed by atoms with Crippen LogP contribution in [-0.4, -0.2) is 23.3 Å². The van der Waals surface area contributed by atoms with Gasteiger partial charge >= 0.3 is 0 Å². The highest BCUT2D eigenvalue weighted by Crippen LogP contribution is 2.02. The first-order chi connectivity index (χ1) is 6.84. The summed E-state index contributed by atoms with van der Waals surface area (Å²) in [5, 5.41) is 9.12. The third-order valence-electron chi connectivity index (χ3n) is 2.19. The Labute approximate surface area is 95.2 Å². The highest BCUT2D eigenvalue weighted by molar-refractivity contribution is 6.67. The quantitative estimate of drug-likeness (QED) is 0.653. The lowest BCUT2D eigenvalue weighted by Crippen LogP contribution is -2.26. The van der Waals surface area contributed by atoms with Gasteiger partial charge in [-0.05, 0) is 12.1 Å². The summed E-state index contributed by atoms with van der Waals surface area (Å²) in [4.78, 5) is 0. The van der Waals surface area contributed by atoms with Crippen molar-refractivity contribution < 1.29 is 16.1 Å². The molecule has 0 radical (unpaired) electrons. The molecule has 2 aromatic rings. The predicted octanol–water partition coefficient (Wildman–Crippen LogP) is -0.870. The smallest absolute Gasteiger partial charge is 0.192 e. The van der Waals surface area contributed by atoms with E-state index in [0.717, 1.165) is 7.28 Å². The van der Waals surface area contributed by atoms with Gasteiger partial charge in [0.25, 0.3) is 0 Å². The van der Waals surface area contributed by atoms with Crippen molar-refractivity contribution in [1.29, 1.82) is 0 Å². The van der Waals surface area contributed by atoms with Crippen LogP contribution < -0.4 is 10.9 Å². The van der Waals surface area contributed by atoms with Crippen molar-refractivity contribution in [3.63, 3.8) is 0 Å². The molecule has 3 nitrogen and oxygen atoms in total. The van der Waals surface area contributed by atoms with Crippen molar-refractivity contribution in [2.45, 2.75) is 0 Å². The highest BCUT2D eigenvalue weighted by Gasteiger charge is 1.97. The minimum Gasteiger partial charge on any atom is -0.508 e. The van der Waals surface area contributed by atoms with Crippen LogP contribution in [0.3, 0.4) is 0 Å². The minimum atomic E-state index is 0. The van der Waals surface area contributed by atoms with Crippen LogP contribution in [-0.2, 0) is 0 Å². The van der Waals surface area contributed by atoms with E-state index in [1.807, 2.05) is 30.3 Å². The topological polar surface area (TPSA) is 83.2 Å². The van der Waals surface area contributed by atoms with Crippen LogP contribution in [0.5, 0.6) is 5.75 Å². The third kappa shape index (κ3) is 3.77. The number of benzene rings is 2. The third-order valence-corrected chi connectivity index (χ3v) is 2.19. The van der Waals surface area contributed by atoms with Crippen molar-refractivity contribution in [3.05, 3.63) is 54.6 Å². The molecule has 0 aromatic heterocycles. The molecule has 0 amide bonds. The van der Waals surface area contributed by atoms with Gasteiger partial charge in [-0.25, -0.2) is 0 Å². The second-order valence-corrected chi connectivity index (χ2v) is 3.33. The van der Waals surface area contributed by atoms with Crippen LogP contribution in [0.15, 0.2) is 54.6 Å². The summed E-state index contributed by atoms with van der Waals surface area (Å²) in [5.41, 5.74) is 2.51. The number of aromatic hydroxyl groups is 1. The van der Waals surface area contributed by atoms with E-state index in [2.05, 4.69) is 12.1 Å². The van der Waals surface area contributed by atoms with Gasteiger partial charge in [0.2, 0.25) is 0 Å². The normalized spacial score (nSPS) is 8.50. The lowest BCUT2D eigenvalue weighted by Gasteiger charge is -1.99.